The first kappa shape index (κ1) is 24.0. The maximum atomic E-state index is 13.7. The number of imide groups is 1. The summed E-state index contributed by atoms with van der Waals surface area (Å²) in [6, 6.07) is 8.56. The van der Waals surface area contributed by atoms with Crippen molar-refractivity contribution < 1.29 is 14.2 Å². The van der Waals surface area contributed by atoms with Gasteiger partial charge >= 0.3 is 5.91 Å². The van der Waals surface area contributed by atoms with Gasteiger partial charge in [0.1, 0.15) is 5.57 Å². The summed E-state index contributed by atoms with van der Waals surface area (Å²) in [6.07, 6.45) is 5.35. The first-order valence-electron chi connectivity index (χ1n) is 11.2. The second kappa shape index (κ2) is 9.60. The van der Waals surface area contributed by atoms with Crippen LogP contribution in [0.3, 0.4) is 0 Å². The van der Waals surface area contributed by atoms with E-state index < -0.39 is 17.4 Å². The predicted octanol–water partition coefficient (Wildman–Crippen LogP) is 4.17. The van der Waals surface area contributed by atoms with Gasteiger partial charge in [-0.2, -0.15) is 4.57 Å². The van der Waals surface area contributed by atoms with E-state index in [0.29, 0.717) is 34.3 Å². The number of nitrogens with one attached hydrogen (secondary N) is 1. The molecule has 2 amide bonds. The average molecular weight is 500 g/mol. The lowest BCUT2D eigenvalue weighted by atomic mass is 10.0. The first-order valence-corrected chi connectivity index (χ1v) is 11.9. The van der Waals surface area contributed by atoms with Crippen LogP contribution in [0.5, 0.6) is 0 Å². The molecule has 1 aromatic carbocycles. The topological polar surface area (TPSA) is 79.1 Å². The van der Waals surface area contributed by atoms with Gasteiger partial charge in [0.05, 0.1) is 21.3 Å². The van der Waals surface area contributed by atoms with Gasteiger partial charge in [-0.25, -0.2) is 4.68 Å². The zero-order valence-corrected chi connectivity index (χ0v) is 20.7. The summed E-state index contributed by atoms with van der Waals surface area (Å²) in [5, 5.41) is 3.80. The van der Waals surface area contributed by atoms with E-state index in [1.807, 2.05) is 26.8 Å². The van der Waals surface area contributed by atoms with Crippen LogP contribution in [0.25, 0.3) is 17.0 Å². The van der Waals surface area contributed by atoms with Crippen LogP contribution >= 0.6 is 23.2 Å². The van der Waals surface area contributed by atoms with E-state index in [2.05, 4.69) is 5.10 Å². The maximum Gasteiger partial charge on any atom is 0.326 e. The molecule has 0 atom stereocenters. The first-order chi connectivity index (χ1) is 16.3. The molecular formula is C25H25Cl2N4O3+. The minimum Gasteiger partial charge on any atom is -0.294 e. The van der Waals surface area contributed by atoms with Crippen LogP contribution in [-0.2, 0) is 16.0 Å². The van der Waals surface area contributed by atoms with Crippen molar-refractivity contribution >= 4 is 46.3 Å². The molecule has 4 rings (SSSR count). The summed E-state index contributed by atoms with van der Waals surface area (Å²) in [6.45, 7) is 6.05. The Morgan fingerprint density at radius 3 is 2.41 bits per heavy atom. The van der Waals surface area contributed by atoms with E-state index in [9.17, 15) is 14.4 Å². The number of pyridine rings is 1. The molecule has 9 heteroatoms. The lowest BCUT2D eigenvalue weighted by Crippen LogP contribution is -2.40. The molecule has 176 valence electrons. The van der Waals surface area contributed by atoms with Gasteiger partial charge in [0.15, 0.2) is 12.4 Å². The monoisotopic (exact) mass is 499 g/mol. The van der Waals surface area contributed by atoms with E-state index in [1.54, 1.807) is 41.2 Å². The standard InChI is InChI=1S/C25H24Cl2N4O3/c1-4-7-19-20(24(33)31(28-19)16-9-10-17(26)18(27)13-16)21-22(29-12-6-8-15(3)14-29)25(34)30(11-5-2)23(21)32/h6,8-10,12-14H,4-5,7,11H2,1-3H3/p+1. The molecular weight excluding hydrogens is 475 g/mol. The van der Waals surface area contributed by atoms with Crippen LogP contribution in [0.15, 0.2) is 47.5 Å². The number of aryl methyl sites for hydroxylation is 2. The second-order valence-electron chi connectivity index (χ2n) is 8.23. The molecule has 0 saturated heterocycles. The number of benzene rings is 1. The normalized spacial score (nSPS) is 14.0. The third-order valence-corrected chi connectivity index (χ3v) is 6.41. The number of carbonyl (C=O) groups is 2. The maximum absolute atomic E-state index is 13.7. The molecule has 7 nitrogen and oxygen atoms in total. The molecule has 3 heterocycles. The zero-order valence-electron chi connectivity index (χ0n) is 19.2. The third kappa shape index (κ3) is 4.10. The smallest absolute Gasteiger partial charge is 0.294 e. The Labute approximate surface area is 207 Å². The Morgan fingerprint density at radius 2 is 1.76 bits per heavy atom. The number of hydrogen-bond acceptors (Lipinski definition) is 3. The SMILES string of the molecule is CCCc1[nH]n(-c2ccc(Cl)c(Cl)c2)c(=O)c1C1=C([n+]2cccc(C)c2)C(=O)N(CCC)C1=O. The fraction of sp³-hybridized carbons (Fsp3) is 0.280. The molecule has 0 saturated carbocycles. The molecule has 1 aliphatic heterocycles. The molecule has 1 aliphatic rings. The summed E-state index contributed by atoms with van der Waals surface area (Å²) in [5.74, 6) is -0.882. The van der Waals surface area contributed by atoms with E-state index in [1.165, 1.54) is 9.58 Å². The number of halogens is 2. The highest BCUT2D eigenvalue weighted by Gasteiger charge is 2.47. The summed E-state index contributed by atoms with van der Waals surface area (Å²) in [5.41, 5.74) is 2.04. The van der Waals surface area contributed by atoms with Crippen molar-refractivity contribution in [3.8, 4) is 5.69 Å². The lowest BCUT2D eigenvalue weighted by Gasteiger charge is -2.11. The molecule has 34 heavy (non-hydrogen) atoms. The van der Waals surface area contributed by atoms with E-state index in [0.717, 1.165) is 12.0 Å². The van der Waals surface area contributed by atoms with Gasteiger partial charge in [-0.3, -0.25) is 24.4 Å². The molecule has 3 aromatic rings. The summed E-state index contributed by atoms with van der Waals surface area (Å²) in [7, 11) is 0. The van der Waals surface area contributed by atoms with Crippen LogP contribution in [0.2, 0.25) is 10.0 Å². The molecule has 0 bridgehead atoms. The Balaban J connectivity index is 2.01. The van der Waals surface area contributed by atoms with Crippen molar-refractivity contribution in [2.45, 2.75) is 40.0 Å². The number of nitrogens with zero attached hydrogens (tertiary/aromatic N) is 3. The van der Waals surface area contributed by atoms with E-state index in [-0.39, 0.29) is 23.4 Å². The molecule has 0 radical (unpaired) electrons. The number of aromatic amines is 1. The quantitative estimate of drug-likeness (QED) is 0.391. The number of H-pyrrole nitrogens is 1. The zero-order chi connectivity index (χ0) is 24.6. The highest BCUT2D eigenvalue weighted by molar-refractivity contribution is 6.44. The third-order valence-electron chi connectivity index (χ3n) is 5.67. The number of amides is 2. The minimum absolute atomic E-state index is 0.109. The molecule has 0 aliphatic carbocycles. The van der Waals surface area contributed by atoms with Crippen molar-refractivity contribution in [3.63, 3.8) is 0 Å². The number of hydrogen-bond donors (Lipinski definition) is 1. The van der Waals surface area contributed by atoms with E-state index >= 15 is 0 Å². The summed E-state index contributed by atoms with van der Waals surface area (Å²) >= 11 is 12.2. The number of rotatable bonds is 7. The Morgan fingerprint density at radius 1 is 1.00 bits per heavy atom. The van der Waals surface area contributed by atoms with Gasteiger partial charge in [-0.1, -0.05) is 43.5 Å². The summed E-state index contributed by atoms with van der Waals surface area (Å²) < 4.78 is 2.97. The van der Waals surface area contributed by atoms with Gasteiger partial charge in [0.2, 0.25) is 0 Å². The molecule has 0 unspecified atom stereocenters. The molecule has 0 spiro atoms. The van der Waals surface area contributed by atoms with Gasteiger partial charge in [0.25, 0.3) is 17.2 Å². The van der Waals surface area contributed by atoms with E-state index in [4.69, 9.17) is 23.2 Å². The summed E-state index contributed by atoms with van der Waals surface area (Å²) in [4.78, 5) is 41.9. The highest BCUT2D eigenvalue weighted by atomic mass is 35.5. The van der Waals surface area contributed by atoms with Crippen LogP contribution in [0.4, 0.5) is 0 Å². The molecule has 0 fully saturated rings. The van der Waals surface area contributed by atoms with Crippen LogP contribution in [0, 0.1) is 6.92 Å². The van der Waals surface area contributed by atoms with Crippen LogP contribution < -0.4 is 10.1 Å². The lowest BCUT2D eigenvalue weighted by molar-refractivity contribution is -0.577. The Kier molecular flexibility index (Phi) is 6.77. The van der Waals surface area contributed by atoms with Gasteiger partial charge in [0, 0.05) is 23.9 Å². The van der Waals surface area contributed by atoms with Crippen molar-refractivity contribution in [2.24, 2.45) is 0 Å². The highest BCUT2D eigenvalue weighted by Crippen LogP contribution is 2.31. The largest absolute Gasteiger partial charge is 0.326 e. The average Bonchev–Trinajstić information content (AvgIpc) is 3.24. The Hall–Kier alpha value is -3.16. The fourth-order valence-electron chi connectivity index (χ4n) is 4.16. The van der Waals surface area contributed by atoms with Crippen molar-refractivity contribution in [1.82, 2.24) is 14.7 Å². The van der Waals surface area contributed by atoms with Gasteiger partial charge < -0.3 is 0 Å². The van der Waals surface area contributed by atoms with Crippen molar-refractivity contribution in [3.05, 3.63) is 79.9 Å². The van der Waals surface area contributed by atoms with Crippen LogP contribution in [-0.4, -0.2) is 33.0 Å². The fourth-order valence-corrected chi connectivity index (χ4v) is 4.46. The second-order valence-corrected chi connectivity index (χ2v) is 9.04. The van der Waals surface area contributed by atoms with Crippen molar-refractivity contribution in [1.29, 1.82) is 0 Å². The van der Waals surface area contributed by atoms with Crippen molar-refractivity contribution in [2.75, 3.05) is 6.54 Å². The van der Waals surface area contributed by atoms with Gasteiger partial charge in [-0.15, -0.1) is 0 Å². The number of aromatic nitrogens is 3. The Bertz CT molecular complexity index is 1390. The van der Waals surface area contributed by atoms with Gasteiger partial charge in [-0.05, 0) is 44.0 Å². The van der Waals surface area contributed by atoms with Crippen LogP contribution in [0.1, 0.15) is 43.5 Å². The predicted molar refractivity (Wildman–Crippen MR) is 132 cm³/mol. The molecule has 2 aromatic heterocycles. The molecule has 1 N–H and O–H groups in total. The number of carbonyl (C=O) groups excluding carboxylic acids is 2. The minimum atomic E-state index is -0.467.